The normalized spacial score (nSPS) is 18.9. The number of allylic oxidation sites excluding steroid dienone is 15. The number of aliphatic hydroxyl groups excluding tert-OH is 5. The minimum Gasteiger partial charge on any atom is -0.454 e. The Morgan fingerprint density at radius 2 is 0.802 bits per heavy atom. The molecular weight excluding hydrogens is 1070 g/mol. The van der Waals surface area contributed by atoms with E-state index in [4.69, 9.17) is 14.2 Å². The van der Waals surface area contributed by atoms with Crippen LogP contribution in [0.2, 0.25) is 0 Å². The lowest BCUT2D eigenvalue weighted by Crippen LogP contribution is -2.61. The molecule has 11 nitrogen and oxygen atoms in total. The SMILES string of the molecule is CCCCC/C=C\C/C=C\C/C=C\C/C=C\CCCCC(O)C(=O)NC(COC1OC(CO)C(O)C(O)C1OC(=O)CCCCCCCCCCCCCCCC/C=C\C/C=C\C/C=C\CCCCC)C(O)/C=C/CCCCCCCCCCCC. The van der Waals surface area contributed by atoms with E-state index in [1.165, 1.54) is 161 Å². The number of rotatable bonds is 60. The van der Waals surface area contributed by atoms with Crippen molar-refractivity contribution in [3.63, 3.8) is 0 Å². The van der Waals surface area contributed by atoms with Crippen molar-refractivity contribution >= 4 is 11.9 Å². The molecule has 8 unspecified atom stereocenters. The van der Waals surface area contributed by atoms with Gasteiger partial charge in [0.05, 0.1) is 25.4 Å². The number of unbranched alkanes of at least 4 members (excludes halogenated alkanes) is 32. The van der Waals surface area contributed by atoms with Crippen molar-refractivity contribution in [2.45, 2.75) is 352 Å². The zero-order valence-corrected chi connectivity index (χ0v) is 55.2. The van der Waals surface area contributed by atoms with Crippen LogP contribution in [0, 0.1) is 0 Å². The van der Waals surface area contributed by atoms with Crippen molar-refractivity contribution in [1.82, 2.24) is 5.32 Å². The topological polar surface area (TPSA) is 175 Å². The molecule has 0 radical (unpaired) electrons. The molecule has 0 spiro atoms. The molecule has 0 aromatic heterocycles. The van der Waals surface area contributed by atoms with Crippen LogP contribution >= 0.6 is 0 Å². The summed E-state index contributed by atoms with van der Waals surface area (Å²) in [4.78, 5) is 26.7. The number of aliphatic hydroxyl groups is 5. The fraction of sp³-hybridized carbons (Fsp3) is 0.760. The molecule has 1 aliphatic rings. The summed E-state index contributed by atoms with van der Waals surface area (Å²) in [6, 6.07) is -1.05. The second-order valence-corrected chi connectivity index (χ2v) is 24.3. The molecule has 0 bridgehead atoms. The van der Waals surface area contributed by atoms with Crippen LogP contribution in [-0.4, -0.2) is 99.6 Å². The third-order valence-electron chi connectivity index (χ3n) is 16.2. The molecule has 1 fully saturated rings. The van der Waals surface area contributed by atoms with Gasteiger partial charge in [-0.2, -0.15) is 0 Å². The van der Waals surface area contributed by atoms with Gasteiger partial charge in [0.25, 0.3) is 0 Å². The van der Waals surface area contributed by atoms with Crippen LogP contribution in [0.5, 0.6) is 0 Å². The first-order chi connectivity index (χ1) is 42.2. The van der Waals surface area contributed by atoms with Gasteiger partial charge in [-0.3, -0.25) is 9.59 Å². The van der Waals surface area contributed by atoms with E-state index in [1.54, 1.807) is 6.08 Å². The molecule has 6 N–H and O–H groups in total. The van der Waals surface area contributed by atoms with Gasteiger partial charge in [-0.05, 0) is 109 Å². The van der Waals surface area contributed by atoms with Crippen LogP contribution in [0.4, 0.5) is 0 Å². The number of ether oxygens (including phenoxy) is 3. The predicted octanol–water partition coefficient (Wildman–Crippen LogP) is 18.2. The Bertz CT molecular complexity index is 1770. The van der Waals surface area contributed by atoms with E-state index in [-0.39, 0.29) is 19.4 Å². The Morgan fingerprint density at radius 1 is 0.453 bits per heavy atom. The molecule has 0 saturated carbocycles. The summed E-state index contributed by atoms with van der Waals surface area (Å²) >= 11 is 0. The minimum absolute atomic E-state index is 0.115. The van der Waals surface area contributed by atoms with Gasteiger partial charge in [0, 0.05) is 6.42 Å². The molecule has 11 heteroatoms. The summed E-state index contributed by atoms with van der Waals surface area (Å²) < 4.78 is 17.7. The lowest BCUT2D eigenvalue weighted by molar-refractivity contribution is -0.305. The maximum atomic E-state index is 13.5. The van der Waals surface area contributed by atoms with Crippen molar-refractivity contribution < 1.29 is 49.3 Å². The van der Waals surface area contributed by atoms with E-state index in [9.17, 15) is 35.1 Å². The standard InChI is InChI=1S/C75H131NO10/c1-4-7-10-13-16-19-22-25-27-29-31-32-33-34-35-36-37-38-39-41-43-45-48-51-54-57-60-63-70(80)86-73-72(82)71(81)69(64-77)85-75(73)84-65-66(67(78)61-58-55-52-49-46-24-21-18-15-12-9-6-3)76-74(83)68(79)62-59-56-53-50-47-44-42-40-30-28-26-23-20-17-14-11-8-5-2/h16-17,19-20,25-28,31-32,40,42,47,50,58,61,66-69,71-73,75,77-79,81-82H,4-15,18,21-24,29-30,33-39,41,43-46,48-49,51-57,59-60,62-65H2,1-3H3,(H,76,83)/b19-16-,20-17-,27-25-,28-26-,32-31-,42-40-,50-47-,61-58+. The fourth-order valence-corrected chi connectivity index (χ4v) is 10.6. The maximum absolute atomic E-state index is 13.5. The van der Waals surface area contributed by atoms with Gasteiger partial charge in [0.15, 0.2) is 12.4 Å². The van der Waals surface area contributed by atoms with E-state index in [0.29, 0.717) is 12.8 Å². The largest absolute Gasteiger partial charge is 0.454 e. The Balaban J connectivity index is 2.57. The highest BCUT2D eigenvalue weighted by molar-refractivity contribution is 5.80. The number of carbonyl (C=O) groups excluding carboxylic acids is 2. The number of hydrogen-bond donors (Lipinski definition) is 6. The van der Waals surface area contributed by atoms with Gasteiger partial charge in [-0.25, -0.2) is 0 Å². The summed E-state index contributed by atoms with van der Waals surface area (Å²) in [7, 11) is 0. The average molecular weight is 1210 g/mol. The Hall–Kier alpha value is -3.42. The second kappa shape index (κ2) is 61.8. The molecule has 8 atom stereocenters. The molecule has 1 amide bonds. The Labute approximate surface area is 526 Å². The zero-order valence-electron chi connectivity index (χ0n) is 55.2. The molecule has 0 aromatic rings. The average Bonchev–Trinajstić information content (AvgIpc) is 3.59. The molecule has 0 aromatic carbocycles. The van der Waals surface area contributed by atoms with Crippen molar-refractivity contribution in [3.05, 3.63) is 97.2 Å². The van der Waals surface area contributed by atoms with E-state index in [1.807, 2.05) is 6.08 Å². The molecule has 1 heterocycles. The van der Waals surface area contributed by atoms with E-state index in [2.05, 4.69) is 111 Å². The molecule has 0 aliphatic carbocycles. The third-order valence-corrected chi connectivity index (χ3v) is 16.2. The third kappa shape index (κ3) is 48.5. The van der Waals surface area contributed by atoms with Gasteiger partial charge >= 0.3 is 5.97 Å². The zero-order chi connectivity index (χ0) is 62.4. The Kier molecular flexibility index (Phi) is 57.9. The molecule has 1 rings (SSSR count). The first kappa shape index (κ1) is 80.6. The van der Waals surface area contributed by atoms with Crippen LogP contribution in [0.15, 0.2) is 97.2 Å². The number of nitrogens with one attached hydrogen (secondary N) is 1. The van der Waals surface area contributed by atoms with Crippen LogP contribution in [0.1, 0.15) is 303 Å². The van der Waals surface area contributed by atoms with Gasteiger partial charge < -0.3 is 45.1 Å². The lowest BCUT2D eigenvalue weighted by atomic mass is 9.99. The van der Waals surface area contributed by atoms with Crippen molar-refractivity contribution in [3.8, 4) is 0 Å². The summed E-state index contributed by atoms with van der Waals surface area (Å²) in [5.41, 5.74) is 0. The van der Waals surface area contributed by atoms with Gasteiger partial charge in [-0.1, -0.05) is 285 Å². The second-order valence-electron chi connectivity index (χ2n) is 24.3. The van der Waals surface area contributed by atoms with Crippen LogP contribution < -0.4 is 5.32 Å². The highest BCUT2D eigenvalue weighted by Crippen LogP contribution is 2.26. The van der Waals surface area contributed by atoms with E-state index >= 15 is 0 Å². The van der Waals surface area contributed by atoms with Crippen molar-refractivity contribution in [2.24, 2.45) is 0 Å². The number of esters is 1. The predicted molar refractivity (Wildman–Crippen MR) is 361 cm³/mol. The lowest BCUT2D eigenvalue weighted by Gasteiger charge is -2.41. The van der Waals surface area contributed by atoms with Crippen LogP contribution in [-0.2, 0) is 23.8 Å². The molecule has 496 valence electrons. The number of amides is 1. The summed E-state index contributed by atoms with van der Waals surface area (Å²) in [5, 5.41) is 57.2. The Morgan fingerprint density at radius 3 is 1.22 bits per heavy atom. The van der Waals surface area contributed by atoms with Crippen molar-refractivity contribution in [1.29, 1.82) is 0 Å². The molecule has 1 aliphatic heterocycles. The summed E-state index contributed by atoms with van der Waals surface area (Å²) in [5.74, 6) is -1.23. The highest BCUT2D eigenvalue weighted by atomic mass is 16.7. The molecule has 1 saturated heterocycles. The van der Waals surface area contributed by atoms with Gasteiger partial charge in [0.1, 0.15) is 24.4 Å². The first-order valence-electron chi connectivity index (χ1n) is 35.5. The van der Waals surface area contributed by atoms with E-state index in [0.717, 1.165) is 96.3 Å². The highest BCUT2D eigenvalue weighted by Gasteiger charge is 2.47. The maximum Gasteiger partial charge on any atom is 0.306 e. The number of carbonyl (C=O) groups is 2. The summed E-state index contributed by atoms with van der Waals surface area (Å²) in [6.07, 6.45) is 73.0. The van der Waals surface area contributed by atoms with E-state index < -0.39 is 67.4 Å². The fourth-order valence-electron chi connectivity index (χ4n) is 10.6. The van der Waals surface area contributed by atoms with Crippen LogP contribution in [0.25, 0.3) is 0 Å². The summed E-state index contributed by atoms with van der Waals surface area (Å²) in [6.45, 7) is 5.73. The van der Waals surface area contributed by atoms with Gasteiger partial charge in [-0.15, -0.1) is 0 Å². The quantitative estimate of drug-likeness (QED) is 0.0195. The monoisotopic (exact) mass is 1210 g/mol. The smallest absolute Gasteiger partial charge is 0.306 e. The molecule has 86 heavy (non-hydrogen) atoms. The first-order valence-corrected chi connectivity index (χ1v) is 35.5. The van der Waals surface area contributed by atoms with Crippen molar-refractivity contribution in [2.75, 3.05) is 13.2 Å². The van der Waals surface area contributed by atoms with Gasteiger partial charge in [0.2, 0.25) is 5.91 Å². The van der Waals surface area contributed by atoms with Crippen LogP contribution in [0.3, 0.4) is 0 Å². The minimum atomic E-state index is -1.63. The molecular formula is C75H131NO10. The number of hydrogen-bond acceptors (Lipinski definition) is 10.